The Bertz CT molecular complexity index is 706. The molecule has 3 rings (SSSR count). The van der Waals surface area contributed by atoms with E-state index in [1.807, 2.05) is 6.20 Å². The van der Waals surface area contributed by atoms with Crippen LogP contribution in [0, 0.1) is 0 Å². The van der Waals surface area contributed by atoms with Crippen molar-refractivity contribution < 1.29 is 4.79 Å². The lowest BCUT2D eigenvalue weighted by atomic mass is 10.1. The minimum absolute atomic E-state index is 0.210. The van der Waals surface area contributed by atoms with Crippen molar-refractivity contribution in [2.24, 2.45) is 4.99 Å². The summed E-state index contributed by atoms with van der Waals surface area (Å²) in [4.78, 5) is 21.7. The average molecular weight is 328 g/mol. The van der Waals surface area contributed by atoms with Gasteiger partial charge in [0.25, 0.3) is 5.91 Å². The van der Waals surface area contributed by atoms with E-state index in [0.717, 1.165) is 30.7 Å². The molecule has 0 aliphatic carbocycles. The number of nitrogens with one attached hydrogen (secondary N) is 2. The van der Waals surface area contributed by atoms with E-state index >= 15 is 0 Å². The number of carbonyl (C=O) groups is 1. The number of thiazole rings is 1. The van der Waals surface area contributed by atoms with Gasteiger partial charge in [-0.1, -0.05) is 31.2 Å². The fourth-order valence-electron chi connectivity index (χ4n) is 2.38. The Morgan fingerprint density at radius 1 is 1.30 bits per heavy atom. The number of aromatic nitrogens is 1. The fourth-order valence-corrected chi connectivity index (χ4v) is 3.22. The maximum absolute atomic E-state index is 12.1. The van der Waals surface area contributed by atoms with E-state index in [-0.39, 0.29) is 5.91 Å². The standard InChI is InChI=1S/C17H20N4OS/c1-2-12-4-6-13(7-5-12)10-14-11-20-17(23-14)21-16(22)15-18-8-3-9-19-15/h4-7,11H,2-3,8-10H2,1H3,(H,18,19)(H,20,21,22). The Kier molecular flexibility index (Phi) is 5.02. The molecule has 0 atom stereocenters. The van der Waals surface area contributed by atoms with Gasteiger partial charge in [0.05, 0.1) is 0 Å². The summed E-state index contributed by atoms with van der Waals surface area (Å²) in [5.41, 5.74) is 2.59. The third kappa shape index (κ3) is 4.16. The zero-order valence-corrected chi connectivity index (χ0v) is 13.9. The first-order valence-electron chi connectivity index (χ1n) is 7.87. The molecule has 0 fully saturated rings. The maximum Gasteiger partial charge on any atom is 0.292 e. The molecule has 2 heterocycles. The average Bonchev–Trinajstić information content (AvgIpc) is 3.03. The van der Waals surface area contributed by atoms with Gasteiger partial charge in [0, 0.05) is 30.6 Å². The summed E-state index contributed by atoms with van der Waals surface area (Å²) >= 11 is 1.50. The molecule has 1 aliphatic rings. The summed E-state index contributed by atoms with van der Waals surface area (Å²) in [6.45, 7) is 3.65. The second-order valence-corrected chi connectivity index (χ2v) is 6.56. The van der Waals surface area contributed by atoms with Gasteiger partial charge in [-0.05, 0) is 24.0 Å². The molecule has 1 aliphatic heterocycles. The Morgan fingerprint density at radius 2 is 2.09 bits per heavy atom. The van der Waals surface area contributed by atoms with E-state index in [0.29, 0.717) is 17.5 Å². The van der Waals surface area contributed by atoms with E-state index in [9.17, 15) is 4.79 Å². The van der Waals surface area contributed by atoms with Gasteiger partial charge in [0.2, 0.25) is 0 Å². The van der Waals surface area contributed by atoms with Crippen LogP contribution in [0.5, 0.6) is 0 Å². The number of hydrogen-bond donors (Lipinski definition) is 2. The van der Waals surface area contributed by atoms with Crippen molar-refractivity contribution in [2.45, 2.75) is 26.2 Å². The molecule has 120 valence electrons. The van der Waals surface area contributed by atoms with Gasteiger partial charge in [0.1, 0.15) is 0 Å². The number of carbonyl (C=O) groups excluding carboxylic acids is 1. The van der Waals surface area contributed by atoms with Crippen LogP contribution >= 0.6 is 11.3 Å². The summed E-state index contributed by atoms with van der Waals surface area (Å²) in [6, 6.07) is 8.62. The summed E-state index contributed by atoms with van der Waals surface area (Å²) in [5, 5.41) is 6.44. The summed E-state index contributed by atoms with van der Waals surface area (Å²) < 4.78 is 0. The van der Waals surface area contributed by atoms with Crippen LogP contribution in [-0.4, -0.2) is 29.8 Å². The number of aryl methyl sites for hydroxylation is 1. The topological polar surface area (TPSA) is 66.4 Å². The Morgan fingerprint density at radius 3 is 2.78 bits per heavy atom. The second-order valence-electron chi connectivity index (χ2n) is 5.44. The van der Waals surface area contributed by atoms with Crippen LogP contribution in [0.3, 0.4) is 0 Å². The van der Waals surface area contributed by atoms with Gasteiger partial charge in [-0.15, -0.1) is 11.3 Å². The predicted octanol–water partition coefficient (Wildman–Crippen LogP) is 2.63. The number of nitrogens with zero attached hydrogens (tertiary/aromatic N) is 2. The van der Waals surface area contributed by atoms with Gasteiger partial charge in [-0.25, -0.2) is 4.98 Å². The highest BCUT2D eigenvalue weighted by Crippen LogP contribution is 2.21. The maximum atomic E-state index is 12.1. The Hall–Kier alpha value is -2.21. The Balaban J connectivity index is 1.61. The van der Waals surface area contributed by atoms with Crippen molar-refractivity contribution >= 4 is 28.2 Å². The third-order valence-electron chi connectivity index (χ3n) is 3.70. The number of benzene rings is 1. The first-order valence-corrected chi connectivity index (χ1v) is 8.68. The third-order valence-corrected chi connectivity index (χ3v) is 4.61. The number of aliphatic imine (C=N–C) groups is 1. The fraction of sp³-hybridized carbons (Fsp3) is 0.353. The first kappa shape index (κ1) is 15.7. The summed E-state index contributed by atoms with van der Waals surface area (Å²) in [5.74, 6) is 0.195. The molecule has 0 saturated carbocycles. The minimum Gasteiger partial charge on any atom is -0.366 e. The van der Waals surface area contributed by atoms with Gasteiger partial charge in [-0.2, -0.15) is 0 Å². The van der Waals surface area contributed by atoms with Crippen molar-refractivity contribution in [1.29, 1.82) is 0 Å². The molecule has 1 amide bonds. The highest BCUT2D eigenvalue weighted by molar-refractivity contribution is 7.15. The summed E-state index contributed by atoms with van der Waals surface area (Å²) in [6.07, 6.45) is 4.67. The quantitative estimate of drug-likeness (QED) is 0.887. The number of amides is 1. The highest BCUT2D eigenvalue weighted by Gasteiger charge is 2.15. The molecule has 6 heteroatoms. The van der Waals surface area contributed by atoms with E-state index in [1.165, 1.54) is 22.5 Å². The zero-order valence-electron chi connectivity index (χ0n) is 13.1. The monoisotopic (exact) mass is 328 g/mol. The van der Waals surface area contributed by atoms with E-state index in [4.69, 9.17) is 0 Å². The molecule has 0 unspecified atom stereocenters. The lowest BCUT2D eigenvalue weighted by Crippen LogP contribution is -2.39. The van der Waals surface area contributed by atoms with Crippen LogP contribution < -0.4 is 10.6 Å². The van der Waals surface area contributed by atoms with Crippen molar-refractivity contribution in [3.8, 4) is 0 Å². The molecule has 2 N–H and O–H groups in total. The molecule has 1 aromatic carbocycles. The van der Waals surface area contributed by atoms with Gasteiger partial charge >= 0.3 is 0 Å². The van der Waals surface area contributed by atoms with Crippen LogP contribution in [-0.2, 0) is 17.6 Å². The van der Waals surface area contributed by atoms with E-state index < -0.39 is 0 Å². The molecule has 0 bridgehead atoms. The van der Waals surface area contributed by atoms with Crippen LogP contribution in [0.25, 0.3) is 0 Å². The Labute approximate surface area is 139 Å². The minimum atomic E-state index is -0.210. The van der Waals surface area contributed by atoms with Crippen LogP contribution in [0.2, 0.25) is 0 Å². The molecule has 2 aromatic rings. The van der Waals surface area contributed by atoms with Crippen LogP contribution in [0.15, 0.2) is 35.5 Å². The van der Waals surface area contributed by atoms with Gasteiger partial charge in [0.15, 0.2) is 11.0 Å². The molecule has 0 radical (unpaired) electrons. The van der Waals surface area contributed by atoms with Crippen molar-refractivity contribution in [2.75, 3.05) is 18.4 Å². The molecule has 0 saturated heterocycles. The van der Waals surface area contributed by atoms with Gasteiger partial charge < -0.3 is 5.32 Å². The van der Waals surface area contributed by atoms with Gasteiger partial charge in [-0.3, -0.25) is 15.1 Å². The smallest absolute Gasteiger partial charge is 0.292 e. The normalized spacial score (nSPS) is 14.0. The largest absolute Gasteiger partial charge is 0.366 e. The molecule has 1 aromatic heterocycles. The van der Waals surface area contributed by atoms with E-state index in [2.05, 4.69) is 51.8 Å². The molecular weight excluding hydrogens is 308 g/mol. The molecule has 0 spiro atoms. The van der Waals surface area contributed by atoms with Crippen LogP contribution in [0.4, 0.5) is 5.13 Å². The number of anilines is 1. The summed E-state index contributed by atoms with van der Waals surface area (Å²) in [7, 11) is 0. The van der Waals surface area contributed by atoms with Crippen molar-refractivity contribution in [3.05, 3.63) is 46.5 Å². The SMILES string of the molecule is CCc1ccc(Cc2cnc(NC(=O)C3=NCCCN3)s2)cc1. The second kappa shape index (κ2) is 7.37. The number of rotatable bonds is 5. The van der Waals surface area contributed by atoms with Crippen molar-refractivity contribution in [1.82, 2.24) is 10.3 Å². The lowest BCUT2D eigenvalue weighted by Gasteiger charge is -2.12. The van der Waals surface area contributed by atoms with E-state index in [1.54, 1.807) is 0 Å². The number of amidine groups is 1. The van der Waals surface area contributed by atoms with Crippen molar-refractivity contribution in [3.63, 3.8) is 0 Å². The lowest BCUT2D eigenvalue weighted by molar-refractivity contribution is -0.110. The van der Waals surface area contributed by atoms with Crippen LogP contribution in [0.1, 0.15) is 29.3 Å². The predicted molar refractivity (Wildman–Crippen MR) is 94.3 cm³/mol. The first-order chi connectivity index (χ1) is 11.2. The number of hydrogen-bond acceptors (Lipinski definition) is 5. The zero-order chi connectivity index (χ0) is 16.1. The molecule has 23 heavy (non-hydrogen) atoms. The molecular formula is C17H20N4OS. The highest BCUT2D eigenvalue weighted by atomic mass is 32.1. The molecule has 5 nitrogen and oxygen atoms in total.